The minimum absolute atomic E-state index is 0.0268. The van der Waals surface area contributed by atoms with Crippen LogP contribution in [-0.2, 0) is 14.8 Å². The number of aromatic nitrogens is 1. The van der Waals surface area contributed by atoms with Crippen LogP contribution in [0.4, 0.5) is 18.9 Å². The summed E-state index contributed by atoms with van der Waals surface area (Å²) in [5, 5.41) is 6.07. The number of benzene rings is 1. The van der Waals surface area contributed by atoms with E-state index >= 15 is 0 Å². The van der Waals surface area contributed by atoms with Crippen molar-refractivity contribution in [2.45, 2.75) is 75.7 Å². The summed E-state index contributed by atoms with van der Waals surface area (Å²) in [5.41, 5.74) is 2.46. The largest absolute Gasteiger partial charge is 0.389 e. The summed E-state index contributed by atoms with van der Waals surface area (Å²) < 4.78 is 66.3. The number of nitrogens with one attached hydrogen (secondary N) is 2. The molecule has 2 amide bonds. The van der Waals surface area contributed by atoms with Crippen LogP contribution in [0, 0.1) is 5.92 Å². The molecule has 46 heavy (non-hydrogen) atoms. The Bertz CT molecular complexity index is 1600. The molecule has 5 heterocycles. The third-order valence-corrected chi connectivity index (χ3v) is 12.0. The molecule has 2 aromatic rings. The molecule has 0 saturated carbocycles. The molecular weight excluding hydrogens is 643 g/mol. The molecule has 0 aliphatic carbocycles. The molecule has 14 heteroatoms. The SMILES string of the molecule is O=C1Nc2cc(Cl)c(C(=O)NC3C[C@H]4CC[C@@H](C3)N4S(=O)(=O)CC3CCN(CCCC(F)(F)F)CC3)cc2/C1=C/c1cccnc1. The Morgan fingerprint density at radius 3 is 2.50 bits per heavy atom. The number of carbonyl (C=O) groups is 2. The second-order valence-corrected chi connectivity index (χ2v) is 15.1. The van der Waals surface area contributed by atoms with Crippen LogP contribution in [0.25, 0.3) is 11.6 Å². The van der Waals surface area contributed by atoms with Gasteiger partial charge in [0.25, 0.3) is 11.8 Å². The summed E-state index contributed by atoms with van der Waals surface area (Å²) in [6.07, 6.45) is 3.82. The van der Waals surface area contributed by atoms with Crippen LogP contribution in [0.5, 0.6) is 0 Å². The van der Waals surface area contributed by atoms with E-state index in [0.29, 0.717) is 62.1 Å². The molecule has 1 aromatic carbocycles. The lowest BCUT2D eigenvalue weighted by atomic mass is 9.98. The molecule has 3 atom stereocenters. The van der Waals surface area contributed by atoms with Gasteiger partial charge in [0, 0.05) is 48.1 Å². The normalized spacial score (nSPS) is 25.1. The van der Waals surface area contributed by atoms with Crippen molar-refractivity contribution < 1.29 is 31.2 Å². The number of nitrogens with zero attached hydrogens (tertiary/aromatic N) is 3. The van der Waals surface area contributed by atoms with Crippen LogP contribution in [0.3, 0.4) is 0 Å². The Labute approximate surface area is 271 Å². The number of rotatable bonds is 9. The summed E-state index contributed by atoms with van der Waals surface area (Å²) in [5.74, 6) is -0.666. The minimum atomic E-state index is -4.15. The zero-order valence-electron chi connectivity index (χ0n) is 25.2. The number of amides is 2. The predicted octanol–water partition coefficient (Wildman–Crippen LogP) is 5.34. The smallest absolute Gasteiger partial charge is 0.349 e. The third-order valence-electron chi connectivity index (χ3n) is 9.54. The van der Waals surface area contributed by atoms with E-state index in [1.54, 1.807) is 41.0 Å². The van der Waals surface area contributed by atoms with Crippen LogP contribution in [-0.4, -0.2) is 84.1 Å². The van der Waals surface area contributed by atoms with E-state index in [0.717, 1.165) is 18.4 Å². The van der Waals surface area contributed by atoms with Crippen LogP contribution >= 0.6 is 11.6 Å². The Morgan fingerprint density at radius 1 is 1.13 bits per heavy atom. The molecule has 1 aromatic heterocycles. The van der Waals surface area contributed by atoms with E-state index in [2.05, 4.69) is 15.6 Å². The molecule has 1 unspecified atom stereocenters. The number of carbonyl (C=O) groups excluding carboxylic acids is 2. The van der Waals surface area contributed by atoms with Gasteiger partial charge in [-0.2, -0.15) is 17.5 Å². The molecule has 2 bridgehead atoms. The Balaban J connectivity index is 1.06. The number of sulfonamides is 1. The van der Waals surface area contributed by atoms with Gasteiger partial charge in [-0.15, -0.1) is 0 Å². The highest BCUT2D eigenvalue weighted by atomic mass is 35.5. The standard InChI is InChI=1S/C32H37ClF3N5O4S/c33-28-17-29-25(26(30(42)39-29)13-21-3-1-9-37-18-21)16-27(28)31(43)38-22-14-23-4-5-24(15-22)41(23)46(44,45)19-20-6-11-40(12-7-20)10-2-8-32(34,35)36/h1,3,9,13,16-18,20,22-24H,2,4-8,10-12,14-15,19H2,(H,38,43)(H,39,42)/b26-13-/t22?,23-,24+. The number of pyridine rings is 1. The van der Waals surface area contributed by atoms with Gasteiger partial charge in [-0.3, -0.25) is 14.6 Å². The molecule has 0 spiro atoms. The van der Waals surface area contributed by atoms with Gasteiger partial charge in [0.15, 0.2) is 0 Å². The van der Waals surface area contributed by atoms with E-state index in [1.807, 2.05) is 11.0 Å². The first-order valence-electron chi connectivity index (χ1n) is 15.7. The Kier molecular flexibility index (Phi) is 9.48. The van der Waals surface area contributed by atoms with Crippen molar-refractivity contribution in [2.24, 2.45) is 5.92 Å². The maximum Gasteiger partial charge on any atom is 0.389 e. The molecule has 2 N–H and O–H groups in total. The molecule has 4 aliphatic heterocycles. The molecule has 4 aliphatic rings. The summed E-state index contributed by atoms with van der Waals surface area (Å²) in [7, 11) is -3.54. The van der Waals surface area contributed by atoms with E-state index < -0.39 is 22.6 Å². The fraction of sp³-hybridized carbons (Fsp3) is 0.531. The van der Waals surface area contributed by atoms with Crippen molar-refractivity contribution in [1.82, 2.24) is 19.5 Å². The number of hydrogen-bond acceptors (Lipinski definition) is 6. The number of likely N-dealkylation sites (tertiary alicyclic amines) is 1. The molecular formula is C32H37ClF3N5O4S. The number of piperidine rings is 2. The maximum atomic E-state index is 13.6. The topological polar surface area (TPSA) is 112 Å². The van der Waals surface area contributed by atoms with E-state index in [-0.39, 0.29) is 58.6 Å². The number of halogens is 4. The van der Waals surface area contributed by atoms with Gasteiger partial charge < -0.3 is 15.5 Å². The van der Waals surface area contributed by atoms with Crippen LogP contribution in [0.2, 0.25) is 5.02 Å². The monoisotopic (exact) mass is 679 g/mol. The summed E-state index contributed by atoms with van der Waals surface area (Å²) >= 11 is 6.50. The van der Waals surface area contributed by atoms with Crippen molar-refractivity contribution in [1.29, 1.82) is 0 Å². The average molecular weight is 680 g/mol. The van der Waals surface area contributed by atoms with Crippen LogP contribution in [0.15, 0.2) is 36.7 Å². The lowest BCUT2D eigenvalue weighted by molar-refractivity contribution is -0.136. The van der Waals surface area contributed by atoms with Crippen LogP contribution < -0.4 is 10.6 Å². The summed E-state index contributed by atoms with van der Waals surface area (Å²) in [6, 6.07) is 6.13. The maximum absolute atomic E-state index is 13.6. The van der Waals surface area contributed by atoms with Gasteiger partial charge in [-0.1, -0.05) is 17.7 Å². The second kappa shape index (κ2) is 13.2. The average Bonchev–Trinajstić information content (AvgIpc) is 3.45. The van der Waals surface area contributed by atoms with E-state index in [1.165, 1.54) is 0 Å². The van der Waals surface area contributed by atoms with Crippen molar-refractivity contribution in [2.75, 3.05) is 30.7 Å². The fourth-order valence-corrected chi connectivity index (χ4v) is 10.0. The van der Waals surface area contributed by atoms with Crippen LogP contribution in [0.1, 0.15) is 72.9 Å². The molecule has 3 fully saturated rings. The predicted molar refractivity (Wildman–Crippen MR) is 170 cm³/mol. The Morgan fingerprint density at radius 2 is 1.85 bits per heavy atom. The molecule has 3 saturated heterocycles. The number of fused-ring (bicyclic) bond motifs is 3. The molecule has 0 radical (unpaired) electrons. The zero-order valence-corrected chi connectivity index (χ0v) is 26.8. The first-order chi connectivity index (χ1) is 21.9. The number of alkyl halides is 3. The lowest BCUT2D eigenvalue weighted by Crippen LogP contribution is -2.53. The van der Waals surface area contributed by atoms with Crippen molar-refractivity contribution >= 4 is 50.8 Å². The lowest BCUT2D eigenvalue weighted by Gasteiger charge is -2.39. The van der Waals surface area contributed by atoms with Gasteiger partial charge in [0.05, 0.1) is 22.0 Å². The van der Waals surface area contributed by atoms with Gasteiger partial charge in [0.2, 0.25) is 10.0 Å². The highest BCUT2D eigenvalue weighted by molar-refractivity contribution is 7.89. The summed E-state index contributed by atoms with van der Waals surface area (Å²) in [6.45, 7) is 1.59. The molecule has 9 nitrogen and oxygen atoms in total. The third kappa shape index (κ3) is 7.42. The fourth-order valence-electron chi connectivity index (χ4n) is 7.39. The number of anilines is 1. The Hall–Kier alpha value is -3.00. The molecule has 248 valence electrons. The first kappa shape index (κ1) is 32.9. The van der Waals surface area contributed by atoms with Gasteiger partial charge in [-0.05, 0) is 100 Å². The number of hydrogen-bond donors (Lipinski definition) is 2. The van der Waals surface area contributed by atoms with E-state index in [9.17, 15) is 31.2 Å². The minimum Gasteiger partial charge on any atom is -0.349 e. The second-order valence-electron chi connectivity index (χ2n) is 12.8. The summed E-state index contributed by atoms with van der Waals surface area (Å²) in [4.78, 5) is 32.3. The van der Waals surface area contributed by atoms with Gasteiger partial charge in [0.1, 0.15) is 0 Å². The highest BCUT2D eigenvalue weighted by Crippen LogP contribution is 2.40. The van der Waals surface area contributed by atoms with Crippen molar-refractivity contribution in [3.8, 4) is 0 Å². The quantitative estimate of drug-likeness (QED) is 0.347. The first-order valence-corrected chi connectivity index (χ1v) is 17.7. The van der Waals surface area contributed by atoms with Gasteiger partial charge in [-0.25, -0.2) is 8.42 Å². The highest BCUT2D eigenvalue weighted by Gasteiger charge is 2.47. The zero-order chi connectivity index (χ0) is 32.6. The van der Waals surface area contributed by atoms with E-state index in [4.69, 9.17) is 11.6 Å². The molecule has 6 rings (SSSR count). The van der Waals surface area contributed by atoms with Crippen molar-refractivity contribution in [3.63, 3.8) is 0 Å². The van der Waals surface area contributed by atoms with Crippen molar-refractivity contribution in [3.05, 3.63) is 58.4 Å². The van der Waals surface area contributed by atoms with Gasteiger partial charge >= 0.3 is 6.18 Å².